The van der Waals surface area contributed by atoms with Crippen LogP contribution in [-0.4, -0.2) is 17.0 Å². The predicted octanol–water partition coefficient (Wildman–Crippen LogP) is 3.68. The second-order valence-corrected chi connectivity index (χ2v) is 6.63. The van der Waals surface area contributed by atoms with Crippen LogP contribution >= 0.6 is 23.3 Å². The van der Waals surface area contributed by atoms with Gasteiger partial charge in [0.2, 0.25) is 0 Å². The molecule has 0 saturated heterocycles. The predicted molar refractivity (Wildman–Crippen MR) is 73.6 cm³/mol. The maximum Gasteiger partial charge on any atom is 0.260 e. The van der Waals surface area contributed by atoms with Crippen molar-refractivity contribution in [2.75, 3.05) is 11.9 Å². The molecule has 0 aliphatic carbocycles. The van der Waals surface area contributed by atoms with E-state index in [9.17, 15) is 9.67 Å². The molecule has 0 radical (unpaired) electrons. The molecular weight excluding hydrogens is 303 g/mol. The fourth-order valence-corrected chi connectivity index (χ4v) is 4.60. The van der Waals surface area contributed by atoms with E-state index < -0.39 is 12.7 Å². The lowest BCUT2D eigenvalue weighted by Crippen LogP contribution is -2.28. The molecular formula is C12H16BrO3P. The topological polar surface area (TPSA) is 46.5 Å². The third-order valence-electron chi connectivity index (χ3n) is 2.50. The summed E-state index contributed by atoms with van der Waals surface area (Å²) in [5.74, 6) is 1.21. The number of rotatable bonds is 6. The highest BCUT2D eigenvalue weighted by molar-refractivity contribution is 9.09. The first kappa shape index (κ1) is 14.7. The first-order valence-corrected chi connectivity index (χ1v) is 8.07. The van der Waals surface area contributed by atoms with Gasteiger partial charge in [-0.2, -0.15) is 0 Å². The van der Waals surface area contributed by atoms with E-state index in [4.69, 9.17) is 4.52 Å². The van der Waals surface area contributed by atoms with Crippen molar-refractivity contribution in [1.29, 1.82) is 0 Å². The van der Waals surface area contributed by atoms with Crippen LogP contribution in [0.5, 0.6) is 0 Å². The first-order valence-electron chi connectivity index (χ1n) is 5.26. The van der Waals surface area contributed by atoms with E-state index in [1.807, 2.05) is 6.07 Å². The fourth-order valence-electron chi connectivity index (χ4n) is 1.55. The zero-order chi connectivity index (χ0) is 12.9. The van der Waals surface area contributed by atoms with E-state index in [1.54, 1.807) is 31.2 Å². The minimum atomic E-state index is -3.37. The molecule has 94 valence electrons. The van der Waals surface area contributed by atoms with Crippen LogP contribution in [0, 0.1) is 0 Å². The smallest absolute Gasteiger partial charge is 0.260 e. The summed E-state index contributed by atoms with van der Waals surface area (Å²) in [7, 11) is -3.37. The summed E-state index contributed by atoms with van der Waals surface area (Å²) in [6.07, 6.45) is 0. The highest BCUT2D eigenvalue weighted by Crippen LogP contribution is 2.64. The van der Waals surface area contributed by atoms with Crippen molar-refractivity contribution in [3.05, 3.63) is 48.3 Å². The molecule has 0 amide bonds. The molecule has 1 aromatic carbocycles. The quantitative estimate of drug-likeness (QED) is 0.643. The third kappa shape index (κ3) is 2.71. The Hall–Kier alpha value is -0.410. The van der Waals surface area contributed by atoms with E-state index in [-0.39, 0.29) is 11.9 Å². The SMILES string of the molecule is C=CP(=O)(OCC)C(O)(CBr)c1ccccc1. The highest BCUT2D eigenvalue weighted by Gasteiger charge is 2.46. The highest BCUT2D eigenvalue weighted by atomic mass is 79.9. The standard InChI is InChI=1S/C12H16BrO3P/c1-3-16-17(15,4-2)12(14,10-13)11-8-6-5-7-9-11/h4-9,14H,2-3,10H2,1H3. The van der Waals surface area contributed by atoms with Gasteiger partial charge in [-0.1, -0.05) is 52.8 Å². The van der Waals surface area contributed by atoms with Gasteiger partial charge < -0.3 is 9.63 Å². The Bertz CT molecular complexity index is 421. The number of halogens is 1. The molecule has 2 unspecified atom stereocenters. The van der Waals surface area contributed by atoms with Crippen molar-refractivity contribution in [1.82, 2.24) is 0 Å². The summed E-state index contributed by atoms with van der Waals surface area (Å²) in [5, 5.41) is 9.18. The largest absolute Gasteiger partial charge is 0.374 e. The van der Waals surface area contributed by atoms with Gasteiger partial charge >= 0.3 is 0 Å². The van der Waals surface area contributed by atoms with Crippen LogP contribution < -0.4 is 0 Å². The van der Waals surface area contributed by atoms with Gasteiger partial charge in [-0.15, -0.1) is 0 Å². The number of aliphatic hydroxyl groups is 1. The lowest BCUT2D eigenvalue weighted by molar-refractivity contribution is 0.127. The van der Waals surface area contributed by atoms with Gasteiger partial charge in [0.1, 0.15) is 0 Å². The number of hydrogen-bond acceptors (Lipinski definition) is 3. The minimum Gasteiger partial charge on any atom is -0.374 e. The molecule has 0 saturated carbocycles. The van der Waals surface area contributed by atoms with Crippen LogP contribution in [0.2, 0.25) is 0 Å². The van der Waals surface area contributed by atoms with E-state index >= 15 is 0 Å². The second kappa shape index (κ2) is 5.96. The average molecular weight is 319 g/mol. The maximum absolute atomic E-state index is 12.6. The molecule has 0 fully saturated rings. The Morgan fingerprint density at radius 3 is 2.53 bits per heavy atom. The molecule has 0 bridgehead atoms. The lowest BCUT2D eigenvalue weighted by atomic mass is 10.1. The van der Waals surface area contributed by atoms with Crippen LogP contribution in [0.25, 0.3) is 0 Å². The Labute approximate surface area is 110 Å². The molecule has 0 aliphatic rings. The van der Waals surface area contributed by atoms with Crippen molar-refractivity contribution < 1.29 is 14.2 Å². The lowest BCUT2D eigenvalue weighted by Gasteiger charge is -2.32. The van der Waals surface area contributed by atoms with Crippen LogP contribution in [0.4, 0.5) is 0 Å². The molecule has 0 spiro atoms. The van der Waals surface area contributed by atoms with Crippen LogP contribution in [0.1, 0.15) is 12.5 Å². The molecule has 0 heterocycles. The van der Waals surface area contributed by atoms with Crippen LogP contribution in [-0.2, 0) is 14.4 Å². The van der Waals surface area contributed by atoms with Gasteiger partial charge in [0.05, 0.1) is 6.61 Å². The Morgan fingerprint density at radius 1 is 1.53 bits per heavy atom. The summed E-state index contributed by atoms with van der Waals surface area (Å²) in [5.41, 5.74) is 0.550. The first-order chi connectivity index (χ1) is 8.04. The normalized spacial score (nSPS) is 18.1. The van der Waals surface area contributed by atoms with Crippen LogP contribution in [0.3, 0.4) is 0 Å². The van der Waals surface area contributed by atoms with E-state index in [1.165, 1.54) is 5.82 Å². The van der Waals surface area contributed by atoms with Crippen molar-refractivity contribution >= 4 is 23.3 Å². The van der Waals surface area contributed by atoms with E-state index in [2.05, 4.69) is 22.5 Å². The monoisotopic (exact) mass is 318 g/mol. The summed E-state index contributed by atoms with van der Waals surface area (Å²) in [6.45, 7) is 5.51. The van der Waals surface area contributed by atoms with Crippen molar-refractivity contribution in [2.24, 2.45) is 0 Å². The second-order valence-electron chi connectivity index (χ2n) is 3.51. The molecule has 1 aromatic rings. The summed E-state index contributed by atoms with van der Waals surface area (Å²) in [4.78, 5) is 0. The van der Waals surface area contributed by atoms with Crippen molar-refractivity contribution in [3.63, 3.8) is 0 Å². The number of hydrogen-bond donors (Lipinski definition) is 1. The molecule has 0 aliphatic heterocycles. The van der Waals surface area contributed by atoms with Gasteiger partial charge in [-0.05, 0) is 18.3 Å². The van der Waals surface area contributed by atoms with Gasteiger partial charge in [-0.3, -0.25) is 4.57 Å². The van der Waals surface area contributed by atoms with Crippen LogP contribution in [0.15, 0.2) is 42.7 Å². The zero-order valence-electron chi connectivity index (χ0n) is 9.67. The average Bonchev–Trinajstić information content (AvgIpc) is 2.38. The van der Waals surface area contributed by atoms with Crippen molar-refractivity contribution in [2.45, 2.75) is 12.3 Å². The Kier molecular flexibility index (Phi) is 5.14. The number of alkyl halides is 1. The van der Waals surface area contributed by atoms with Gasteiger partial charge in [0.15, 0.2) is 5.34 Å². The molecule has 5 heteroatoms. The molecule has 17 heavy (non-hydrogen) atoms. The van der Waals surface area contributed by atoms with Gasteiger partial charge in [0.25, 0.3) is 7.37 Å². The van der Waals surface area contributed by atoms with Crippen molar-refractivity contribution in [3.8, 4) is 0 Å². The third-order valence-corrected chi connectivity index (χ3v) is 6.31. The molecule has 1 N–H and O–H groups in total. The zero-order valence-corrected chi connectivity index (χ0v) is 12.2. The minimum absolute atomic E-state index is 0.118. The summed E-state index contributed by atoms with van der Waals surface area (Å²) in [6, 6.07) is 8.83. The van der Waals surface area contributed by atoms with E-state index in [0.717, 1.165) is 0 Å². The summed E-state index contributed by atoms with van der Waals surface area (Å²) < 4.78 is 17.9. The number of benzene rings is 1. The molecule has 3 nitrogen and oxygen atoms in total. The fraction of sp³-hybridized carbons (Fsp3) is 0.333. The Balaban J connectivity index is 3.29. The summed E-state index contributed by atoms with van der Waals surface area (Å²) >= 11 is 3.21. The Morgan fingerprint density at radius 2 is 2.12 bits per heavy atom. The molecule has 0 aromatic heterocycles. The molecule has 1 rings (SSSR count). The van der Waals surface area contributed by atoms with Gasteiger partial charge in [0, 0.05) is 5.33 Å². The molecule has 2 atom stereocenters. The van der Waals surface area contributed by atoms with E-state index in [0.29, 0.717) is 5.56 Å². The van der Waals surface area contributed by atoms with Gasteiger partial charge in [-0.25, -0.2) is 0 Å². The maximum atomic E-state index is 12.6.